The number of rotatable bonds is 11. The van der Waals surface area contributed by atoms with Gasteiger partial charge in [0.05, 0.1) is 41.6 Å². The van der Waals surface area contributed by atoms with E-state index in [2.05, 4.69) is 78.2 Å². The number of likely N-dealkylation sites (tertiary alicyclic amines) is 1. The Kier molecular flexibility index (Phi) is 11.4. The van der Waals surface area contributed by atoms with E-state index in [9.17, 15) is 10.1 Å². The third-order valence-electron chi connectivity index (χ3n) is 12.2. The van der Waals surface area contributed by atoms with Crippen LogP contribution in [-0.2, 0) is 20.7 Å². The van der Waals surface area contributed by atoms with Crippen LogP contribution in [0.2, 0.25) is 0 Å². The van der Waals surface area contributed by atoms with Gasteiger partial charge in [0.15, 0.2) is 12.1 Å². The maximum absolute atomic E-state index is 15.1. The molecule has 9 nitrogen and oxygen atoms in total. The van der Waals surface area contributed by atoms with Crippen molar-refractivity contribution in [1.82, 2.24) is 25.3 Å². The first-order chi connectivity index (χ1) is 23.3. The summed E-state index contributed by atoms with van der Waals surface area (Å²) in [5, 5.41) is 17.7. The Morgan fingerprint density at radius 2 is 2.04 bits per heavy atom. The number of carbonyl (C=O) groups is 2. The van der Waals surface area contributed by atoms with Gasteiger partial charge >= 0.3 is 0 Å². The van der Waals surface area contributed by atoms with Crippen LogP contribution in [0.5, 0.6) is 0 Å². The molecule has 0 bridgehead atoms. The van der Waals surface area contributed by atoms with Gasteiger partial charge in [0.1, 0.15) is 0 Å². The molecule has 262 valence electrons. The lowest BCUT2D eigenvalue weighted by molar-refractivity contribution is -0.181. The van der Waals surface area contributed by atoms with E-state index in [0.29, 0.717) is 38.1 Å². The van der Waals surface area contributed by atoms with Gasteiger partial charge < -0.3 is 14.5 Å². The number of amides is 1. The molecule has 7 unspecified atom stereocenters. The average Bonchev–Trinajstić information content (AvgIpc) is 3.52. The molecule has 8 atom stereocenters. The van der Waals surface area contributed by atoms with Gasteiger partial charge in [-0.2, -0.15) is 5.26 Å². The Morgan fingerprint density at radius 1 is 1.21 bits per heavy atom. The summed E-state index contributed by atoms with van der Waals surface area (Å²) in [6, 6.07) is 10.7. The third kappa shape index (κ3) is 6.76. The number of fused-ring (bicyclic) bond motifs is 2. The minimum atomic E-state index is -0.540. The molecule has 3 saturated heterocycles. The van der Waals surface area contributed by atoms with Crippen molar-refractivity contribution in [1.29, 1.82) is 5.26 Å². The molecule has 0 radical (unpaired) electrons. The summed E-state index contributed by atoms with van der Waals surface area (Å²) in [5.74, 6) is 0.418. The van der Waals surface area contributed by atoms with E-state index in [0.717, 1.165) is 64.3 Å². The zero-order chi connectivity index (χ0) is 33.9. The molecule has 1 amide bonds. The summed E-state index contributed by atoms with van der Waals surface area (Å²) in [4.78, 5) is 36.0. The average molecular weight is 677 g/mol. The number of thioether (sulfide) groups is 1. The van der Waals surface area contributed by atoms with Crippen LogP contribution in [0.1, 0.15) is 83.6 Å². The number of carbonyl (C=O) groups excluding carboxylic acids is 2. The van der Waals surface area contributed by atoms with Crippen molar-refractivity contribution in [2.75, 3.05) is 39.8 Å². The zero-order valence-corrected chi connectivity index (χ0v) is 30.1. The second kappa shape index (κ2) is 15.3. The number of ketones is 1. The molecule has 48 heavy (non-hydrogen) atoms. The molecule has 10 heteroatoms. The predicted octanol–water partition coefficient (Wildman–Crippen LogP) is 4.92. The monoisotopic (exact) mass is 676 g/mol. The Bertz CT molecular complexity index is 1370. The Labute approximate surface area is 292 Å². The smallest absolute Gasteiger partial charge is 0.246 e. The highest BCUT2D eigenvalue weighted by Crippen LogP contribution is 2.54. The Morgan fingerprint density at radius 3 is 2.79 bits per heavy atom. The molecular weight excluding hydrogens is 621 g/mol. The van der Waals surface area contributed by atoms with Crippen molar-refractivity contribution in [3.63, 3.8) is 0 Å². The lowest BCUT2D eigenvalue weighted by Gasteiger charge is -2.63. The fraction of sp³-hybridized carbons (Fsp3) is 0.711. The van der Waals surface area contributed by atoms with Crippen LogP contribution in [-0.4, -0.2) is 101 Å². The van der Waals surface area contributed by atoms with Crippen molar-refractivity contribution in [2.24, 2.45) is 11.8 Å². The number of nitrogens with zero attached hydrogens (tertiary/aromatic N) is 4. The molecule has 4 aliphatic heterocycles. The third-order valence-corrected chi connectivity index (χ3v) is 13.9. The van der Waals surface area contributed by atoms with Crippen LogP contribution in [0.15, 0.2) is 41.8 Å². The minimum Gasteiger partial charge on any atom is -0.348 e. The fourth-order valence-electron chi connectivity index (χ4n) is 9.52. The molecule has 1 saturated carbocycles. The first-order valence-electron chi connectivity index (χ1n) is 18.5. The van der Waals surface area contributed by atoms with Crippen LogP contribution in [0.25, 0.3) is 0 Å². The first kappa shape index (κ1) is 35.6. The predicted molar refractivity (Wildman–Crippen MR) is 190 cm³/mol. The number of likely N-dealkylation sites (N-methyl/N-ethyl adjacent to an activating group) is 1. The number of unbranched alkanes of at least 4 members (excludes halogenated alkanes) is 2. The Balaban J connectivity index is 1.37. The van der Waals surface area contributed by atoms with E-state index in [4.69, 9.17) is 4.74 Å². The summed E-state index contributed by atoms with van der Waals surface area (Å²) in [6.07, 6.45) is 11.4. The van der Waals surface area contributed by atoms with Crippen molar-refractivity contribution in [2.45, 2.75) is 124 Å². The number of nitrogens with one attached hydrogen (secondary N) is 2. The molecule has 4 fully saturated rings. The maximum atomic E-state index is 15.1. The zero-order valence-electron chi connectivity index (χ0n) is 29.3. The molecule has 6 rings (SSSR count). The number of benzene rings is 1. The van der Waals surface area contributed by atoms with Gasteiger partial charge in [-0.3, -0.25) is 25.1 Å². The minimum absolute atomic E-state index is 0.0171. The second-order valence-corrected chi connectivity index (χ2v) is 16.3. The van der Waals surface area contributed by atoms with Crippen molar-refractivity contribution < 1.29 is 14.3 Å². The standard InChI is InChI=1S/C38H56N6O3S/c1-5-7-8-12-27(3)38(43-23-24-44(33(45)6-2)29(25-43)18-21-39)31-17-20-37(19-16-28-13-9-10-15-32(28)48-37)35(46)34(31)40-36(41-38)47-26-30-14-11-22-42(30)4/h6,9-10,13,15,27,29-31,34,36,40-41H,2,5,7-8,11-12,14,16-20,22-26H2,1,3-4H3/t27?,29?,30?,31?,34?,36?,37-,38?/m0/s1. The van der Waals surface area contributed by atoms with Crippen LogP contribution in [0.4, 0.5) is 0 Å². The van der Waals surface area contributed by atoms with Gasteiger partial charge in [-0.1, -0.05) is 57.9 Å². The number of aryl methyl sites for hydroxylation is 1. The lowest BCUT2D eigenvalue weighted by atomic mass is 9.64. The molecule has 4 heterocycles. The van der Waals surface area contributed by atoms with Crippen LogP contribution < -0.4 is 10.6 Å². The summed E-state index contributed by atoms with van der Waals surface area (Å²) in [5.41, 5.74) is 0.805. The quantitative estimate of drug-likeness (QED) is 0.250. The van der Waals surface area contributed by atoms with E-state index in [1.165, 1.54) is 23.0 Å². The fourth-order valence-corrected chi connectivity index (χ4v) is 11.0. The molecule has 2 N–H and O–H groups in total. The number of piperazine rings is 1. The number of hydrogen-bond donors (Lipinski definition) is 2. The van der Waals surface area contributed by atoms with Crippen LogP contribution in [0, 0.1) is 23.2 Å². The molecule has 1 spiro atoms. The van der Waals surface area contributed by atoms with E-state index < -0.39 is 16.8 Å². The largest absolute Gasteiger partial charge is 0.348 e. The molecule has 1 aliphatic carbocycles. The summed E-state index contributed by atoms with van der Waals surface area (Å²) < 4.78 is 6.31. The Hall–Kier alpha value is -2.26. The molecule has 1 aromatic rings. The van der Waals surface area contributed by atoms with Gasteiger partial charge in [-0.25, -0.2) is 0 Å². The summed E-state index contributed by atoms with van der Waals surface area (Å²) >= 11 is 1.79. The molecular formula is C38H56N6O3S. The summed E-state index contributed by atoms with van der Waals surface area (Å²) in [6.45, 7) is 11.8. The highest BCUT2D eigenvalue weighted by atomic mass is 32.2. The number of ether oxygens (including phenoxy) is 1. The highest BCUT2D eigenvalue weighted by molar-refractivity contribution is 8.01. The van der Waals surface area contributed by atoms with Crippen LogP contribution in [0.3, 0.4) is 0 Å². The van der Waals surface area contributed by atoms with Crippen molar-refractivity contribution >= 4 is 23.5 Å². The van der Waals surface area contributed by atoms with Gasteiger partial charge in [0, 0.05) is 36.5 Å². The van der Waals surface area contributed by atoms with E-state index in [1.54, 1.807) is 11.8 Å². The SMILES string of the molecule is C=CC(=O)N1CCN(C2(C(C)CCCCC)NC(OCC3CCCN3C)NC3C(=O)[C@]4(CCc5ccccc5S4)CCC32)CC1CC#N. The lowest BCUT2D eigenvalue weighted by Crippen LogP contribution is -2.83. The van der Waals surface area contributed by atoms with Gasteiger partial charge in [-0.05, 0) is 82.2 Å². The molecule has 1 aromatic carbocycles. The van der Waals surface area contributed by atoms with Crippen molar-refractivity contribution in [3.8, 4) is 6.07 Å². The highest BCUT2D eigenvalue weighted by Gasteiger charge is 2.62. The number of hydrogen-bond acceptors (Lipinski definition) is 9. The maximum Gasteiger partial charge on any atom is 0.246 e. The number of nitriles is 1. The normalized spacial score (nSPS) is 34.8. The van der Waals surface area contributed by atoms with Crippen LogP contribution >= 0.6 is 11.8 Å². The molecule has 5 aliphatic rings. The molecule has 0 aromatic heterocycles. The van der Waals surface area contributed by atoms with Gasteiger partial charge in [0.25, 0.3) is 0 Å². The van der Waals surface area contributed by atoms with Crippen molar-refractivity contribution in [3.05, 3.63) is 42.5 Å². The topological polar surface area (TPSA) is 101 Å². The number of Topliss-reactive ketones (excluding diaryl/α,β-unsaturated/α-hetero) is 1. The van der Waals surface area contributed by atoms with E-state index in [-0.39, 0.29) is 36.2 Å². The first-order valence-corrected chi connectivity index (χ1v) is 19.3. The summed E-state index contributed by atoms with van der Waals surface area (Å²) in [7, 11) is 2.17. The second-order valence-electron chi connectivity index (χ2n) is 14.9. The van der Waals surface area contributed by atoms with Gasteiger partial charge in [-0.15, -0.1) is 11.8 Å². The van der Waals surface area contributed by atoms with Gasteiger partial charge in [0.2, 0.25) is 5.91 Å². The van der Waals surface area contributed by atoms with E-state index >= 15 is 4.79 Å². The van der Waals surface area contributed by atoms with E-state index in [1.807, 2.05) is 4.90 Å².